The van der Waals surface area contributed by atoms with E-state index in [9.17, 15) is 4.79 Å². The van der Waals surface area contributed by atoms with Gasteiger partial charge in [0.05, 0.1) is 13.2 Å². The molecule has 1 N–H and O–H groups in total. The molecule has 0 saturated carbocycles. The van der Waals surface area contributed by atoms with Crippen LogP contribution in [0, 0.1) is 5.41 Å². The van der Waals surface area contributed by atoms with Gasteiger partial charge < -0.3 is 15.0 Å². The Hall–Kier alpha value is -0.320. The van der Waals surface area contributed by atoms with E-state index >= 15 is 0 Å². The Morgan fingerprint density at radius 1 is 1.40 bits per heavy atom. The average molecular weight is 305 g/mol. The van der Waals surface area contributed by atoms with Crippen molar-refractivity contribution in [3.63, 3.8) is 0 Å². The van der Waals surface area contributed by atoms with Crippen molar-refractivity contribution in [2.75, 3.05) is 26.3 Å². The van der Waals surface area contributed by atoms with E-state index < -0.39 is 0 Å². The van der Waals surface area contributed by atoms with Gasteiger partial charge in [-0.05, 0) is 24.7 Å². The molecule has 2 aliphatic rings. The highest BCUT2D eigenvalue weighted by molar-refractivity contribution is 5.85. The largest absolute Gasteiger partial charge is 0.378 e. The van der Waals surface area contributed by atoms with E-state index in [4.69, 9.17) is 4.74 Å². The van der Waals surface area contributed by atoms with Gasteiger partial charge in [-0.3, -0.25) is 4.79 Å². The number of likely N-dealkylation sites (tertiary alicyclic amines) is 1. The van der Waals surface area contributed by atoms with Crippen molar-refractivity contribution < 1.29 is 9.53 Å². The van der Waals surface area contributed by atoms with Gasteiger partial charge >= 0.3 is 0 Å². The number of carbonyl (C=O) groups excluding carboxylic acids is 1. The molecule has 0 aromatic heterocycles. The smallest absolute Gasteiger partial charge is 0.224 e. The summed E-state index contributed by atoms with van der Waals surface area (Å²) in [7, 11) is 0. The molecule has 2 unspecified atom stereocenters. The van der Waals surface area contributed by atoms with Crippen LogP contribution in [-0.2, 0) is 9.53 Å². The fourth-order valence-corrected chi connectivity index (χ4v) is 3.16. The maximum atomic E-state index is 12.4. The third-order valence-corrected chi connectivity index (χ3v) is 3.96. The molecule has 20 heavy (non-hydrogen) atoms. The monoisotopic (exact) mass is 304 g/mol. The zero-order valence-electron chi connectivity index (χ0n) is 13.0. The zero-order chi connectivity index (χ0) is 13.9. The highest BCUT2D eigenvalue weighted by Gasteiger charge is 2.32. The summed E-state index contributed by atoms with van der Waals surface area (Å²) in [6.45, 7) is 10.0. The number of hydrogen-bond acceptors (Lipinski definition) is 3. The number of hydrogen-bond donors (Lipinski definition) is 1. The van der Waals surface area contributed by atoms with Crippen LogP contribution in [0.1, 0.15) is 46.5 Å². The molecule has 4 nitrogen and oxygen atoms in total. The van der Waals surface area contributed by atoms with E-state index in [0.717, 1.165) is 39.0 Å². The lowest BCUT2D eigenvalue weighted by molar-refractivity contribution is -0.133. The molecule has 0 bridgehead atoms. The molecule has 0 spiro atoms. The van der Waals surface area contributed by atoms with Gasteiger partial charge in [0.1, 0.15) is 0 Å². The Balaban J connectivity index is 0.00000200. The van der Waals surface area contributed by atoms with E-state index in [-0.39, 0.29) is 18.4 Å². The van der Waals surface area contributed by atoms with Crippen LogP contribution in [0.25, 0.3) is 0 Å². The van der Waals surface area contributed by atoms with Crippen molar-refractivity contribution in [1.82, 2.24) is 10.2 Å². The van der Waals surface area contributed by atoms with Gasteiger partial charge in [0, 0.05) is 31.6 Å². The predicted molar refractivity (Wildman–Crippen MR) is 83.3 cm³/mol. The molecule has 118 valence electrons. The molecule has 1 amide bonds. The van der Waals surface area contributed by atoms with Crippen molar-refractivity contribution in [3.05, 3.63) is 0 Å². The van der Waals surface area contributed by atoms with Crippen molar-refractivity contribution in [2.45, 2.75) is 58.5 Å². The Morgan fingerprint density at radius 2 is 2.15 bits per heavy atom. The summed E-state index contributed by atoms with van der Waals surface area (Å²) in [6.07, 6.45) is 4.01. The number of ether oxygens (including phenoxy) is 1. The fraction of sp³-hybridized carbons (Fsp3) is 0.933. The number of morpholine rings is 1. The number of rotatable bonds is 3. The molecule has 0 aromatic rings. The van der Waals surface area contributed by atoms with Crippen molar-refractivity contribution in [2.24, 2.45) is 5.41 Å². The normalized spacial score (nSPS) is 27.2. The Bertz CT molecular complexity index is 311. The van der Waals surface area contributed by atoms with Gasteiger partial charge in [0.2, 0.25) is 5.91 Å². The molecule has 2 atom stereocenters. The second kappa shape index (κ2) is 7.62. The van der Waals surface area contributed by atoms with Crippen molar-refractivity contribution in [1.29, 1.82) is 0 Å². The minimum Gasteiger partial charge on any atom is -0.378 e. The van der Waals surface area contributed by atoms with Crippen LogP contribution < -0.4 is 5.32 Å². The average Bonchev–Trinajstić information content (AvgIpc) is 2.76. The van der Waals surface area contributed by atoms with Gasteiger partial charge in [0.25, 0.3) is 0 Å². The van der Waals surface area contributed by atoms with Gasteiger partial charge in [-0.1, -0.05) is 20.8 Å². The van der Waals surface area contributed by atoms with E-state index in [2.05, 4.69) is 31.0 Å². The fourth-order valence-electron chi connectivity index (χ4n) is 3.16. The Morgan fingerprint density at radius 3 is 2.75 bits per heavy atom. The first-order valence-electron chi connectivity index (χ1n) is 7.56. The van der Waals surface area contributed by atoms with Crippen LogP contribution >= 0.6 is 12.4 Å². The van der Waals surface area contributed by atoms with E-state index in [0.29, 0.717) is 30.4 Å². The molecular formula is C15H29ClN2O2. The Kier molecular flexibility index (Phi) is 6.76. The maximum Gasteiger partial charge on any atom is 0.224 e. The summed E-state index contributed by atoms with van der Waals surface area (Å²) in [6, 6.07) is 0.647. The van der Waals surface area contributed by atoms with Crippen LogP contribution in [-0.4, -0.2) is 49.2 Å². The highest BCUT2D eigenvalue weighted by atomic mass is 35.5. The third-order valence-electron chi connectivity index (χ3n) is 3.96. The van der Waals surface area contributed by atoms with Crippen LogP contribution in [0.3, 0.4) is 0 Å². The van der Waals surface area contributed by atoms with Crippen LogP contribution in [0.15, 0.2) is 0 Å². The molecule has 2 aliphatic heterocycles. The molecular weight excluding hydrogens is 276 g/mol. The quantitative estimate of drug-likeness (QED) is 0.869. The molecule has 2 fully saturated rings. The minimum atomic E-state index is 0. The summed E-state index contributed by atoms with van der Waals surface area (Å²) in [5.74, 6) is 0.301. The van der Waals surface area contributed by atoms with Crippen molar-refractivity contribution in [3.8, 4) is 0 Å². The number of carbonyl (C=O) groups is 1. The molecule has 2 rings (SSSR count). The molecule has 0 radical (unpaired) electrons. The number of amides is 1. The lowest BCUT2D eigenvalue weighted by Gasteiger charge is -2.32. The second-order valence-corrected chi connectivity index (χ2v) is 7.08. The number of halogens is 1. The first-order valence-corrected chi connectivity index (χ1v) is 7.56. The molecule has 0 aromatic carbocycles. The zero-order valence-corrected chi connectivity index (χ0v) is 13.8. The molecule has 5 heteroatoms. The summed E-state index contributed by atoms with van der Waals surface area (Å²) >= 11 is 0. The van der Waals surface area contributed by atoms with E-state index in [1.165, 1.54) is 0 Å². The van der Waals surface area contributed by atoms with Gasteiger partial charge in [-0.15, -0.1) is 12.4 Å². The summed E-state index contributed by atoms with van der Waals surface area (Å²) in [4.78, 5) is 14.6. The van der Waals surface area contributed by atoms with Crippen LogP contribution in [0.2, 0.25) is 0 Å². The van der Waals surface area contributed by atoms with Gasteiger partial charge in [-0.25, -0.2) is 0 Å². The lowest BCUT2D eigenvalue weighted by atomic mass is 9.87. The second-order valence-electron chi connectivity index (χ2n) is 7.08. The van der Waals surface area contributed by atoms with Gasteiger partial charge in [0.15, 0.2) is 0 Å². The van der Waals surface area contributed by atoms with Crippen LogP contribution in [0.5, 0.6) is 0 Å². The third kappa shape index (κ3) is 5.23. The lowest BCUT2D eigenvalue weighted by Crippen LogP contribution is -2.46. The summed E-state index contributed by atoms with van der Waals surface area (Å²) in [5.41, 5.74) is 0.291. The van der Waals surface area contributed by atoms with Crippen molar-refractivity contribution >= 4 is 18.3 Å². The van der Waals surface area contributed by atoms with E-state index in [1.807, 2.05) is 0 Å². The minimum absolute atomic E-state index is 0. The topological polar surface area (TPSA) is 41.6 Å². The maximum absolute atomic E-state index is 12.4. The summed E-state index contributed by atoms with van der Waals surface area (Å²) < 4.78 is 5.42. The Labute approximate surface area is 129 Å². The first-order chi connectivity index (χ1) is 8.96. The SMILES string of the molecule is CC(C)(C)CC1CCCN1C(=O)CC1COCCN1.Cl. The molecule has 2 heterocycles. The van der Waals surface area contributed by atoms with Gasteiger partial charge in [-0.2, -0.15) is 0 Å². The summed E-state index contributed by atoms with van der Waals surface area (Å²) in [5, 5.41) is 3.36. The highest BCUT2D eigenvalue weighted by Crippen LogP contribution is 2.30. The first kappa shape index (κ1) is 17.7. The molecule has 0 aliphatic carbocycles. The van der Waals surface area contributed by atoms with Crippen LogP contribution in [0.4, 0.5) is 0 Å². The number of nitrogens with one attached hydrogen (secondary N) is 1. The number of nitrogens with zero attached hydrogens (tertiary/aromatic N) is 1. The molecule has 2 saturated heterocycles. The van der Waals surface area contributed by atoms with E-state index in [1.54, 1.807) is 0 Å². The predicted octanol–water partition coefficient (Wildman–Crippen LogP) is 2.21. The standard InChI is InChI=1S/C15H28N2O2.ClH/c1-15(2,3)10-13-5-4-7-17(13)14(18)9-12-11-19-8-6-16-12;/h12-13,16H,4-11H2,1-3H3;1H.